The normalized spacial score (nSPS) is 28.2. The molecule has 146 valence electrons. The molecule has 0 saturated heterocycles. The summed E-state index contributed by atoms with van der Waals surface area (Å²) in [5, 5.41) is 2.21. The van der Waals surface area contributed by atoms with Crippen molar-refractivity contribution in [2.45, 2.75) is 83.5 Å². The Bertz CT molecular complexity index is 749. The van der Waals surface area contributed by atoms with Crippen molar-refractivity contribution in [1.82, 2.24) is 0 Å². The molecule has 2 saturated carbocycles. The smallest absolute Gasteiger partial charge is 0.123 e. The van der Waals surface area contributed by atoms with Crippen LogP contribution in [0, 0.1) is 23.6 Å². The van der Waals surface area contributed by atoms with Crippen LogP contribution < -0.4 is 0 Å². The van der Waals surface area contributed by atoms with Crippen molar-refractivity contribution in [3.63, 3.8) is 0 Å². The van der Waals surface area contributed by atoms with Crippen molar-refractivity contribution in [3.8, 4) is 0 Å². The van der Waals surface area contributed by atoms with Gasteiger partial charge in [-0.1, -0.05) is 69.7 Å². The van der Waals surface area contributed by atoms with Gasteiger partial charge in [0, 0.05) is 0 Å². The molecule has 1 heteroatoms. The fourth-order valence-electron chi connectivity index (χ4n) is 5.90. The maximum Gasteiger partial charge on any atom is 0.123 e. The SMILES string of the molecule is CCCCCCC1CCC2CC(c3ccc4cc(F)ccc4c3)CCC2C1. The summed E-state index contributed by atoms with van der Waals surface area (Å²) in [6.07, 6.45) is 15.7. The molecule has 0 spiro atoms. The topological polar surface area (TPSA) is 0 Å². The van der Waals surface area contributed by atoms with Gasteiger partial charge in [0.15, 0.2) is 0 Å². The Balaban J connectivity index is 1.35. The van der Waals surface area contributed by atoms with Gasteiger partial charge in [0.05, 0.1) is 0 Å². The van der Waals surface area contributed by atoms with Gasteiger partial charge in [0.2, 0.25) is 0 Å². The first-order chi connectivity index (χ1) is 13.2. The Kier molecular flexibility index (Phi) is 6.15. The lowest BCUT2D eigenvalue weighted by Crippen LogP contribution is -2.30. The van der Waals surface area contributed by atoms with Gasteiger partial charge in [-0.2, -0.15) is 0 Å². The molecule has 0 bridgehead atoms. The minimum absolute atomic E-state index is 0.137. The van der Waals surface area contributed by atoms with E-state index in [9.17, 15) is 4.39 Å². The second-order valence-corrected chi connectivity index (χ2v) is 9.31. The standard InChI is InChI=1S/C26H35F/c1-2-3-4-5-6-19-7-8-21-16-22(10-9-20(21)15-19)23-11-12-25-18-26(27)14-13-24(25)17-23/h11-14,17-22H,2-10,15-16H2,1H3. The molecule has 4 atom stereocenters. The molecule has 27 heavy (non-hydrogen) atoms. The van der Waals surface area contributed by atoms with E-state index in [0.717, 1.165) is 23.1 Å². The molecule has 0 radical (unpaired) electrons. The lowest BCUT2D eigenvalue weighted by atomic mass is 9.63. The maximum atomic E-state index is 13.4. The summed E-state index contributed by atoms with van der Waals surface area (Å²) in [6, 6.07) is 11.9. The third-order valence-corrected chi connectivity index (χ3v) is 7.49. The van der Waals surface area contributed by atoms with Crippen LogP contribution in [0.4, 0.5) is 4.39 Å². The largest absolute Gasteiger partial charge is 0.207 e. The summed E-state index contributed by atoms with van der Waals surface area (Å²) in [4.78, 5) is 0. The first kappa shape index (κ1) is 19.0. The van der Waals surface area contributed by atoms with E-state index in [1.165, 1.54) is 81.6 Å². The minimum Gasteiger partial charge on any atom is -0.207 e. The number of unbranched alkanes of at least 4 members (excludes halogenated alkanes) is 3. The van der Waals surface area contributed by atoms with Crippen LogP contribution in [0.2, 0.25) is 0 Å². The van der Waals surface area contributed by atoms with Gasteiger partial charge in [0.1, 0.15) is 5.82 Å². The molecule has 0 amide bonds. The van der Waals surface area contributed by atoms with Crippen LogP contribution in [0.15, 0.2) is 36.4 Å². The van der Waals surface area contributed by atoms with Crippen LogP contribution in [0.25, 0.3) is 10.8 Å². The quantitative estimate of drug-likeness (QED) is 0.451. The van der Waals surface area contributed by atoms with Crippen molar-refractivity contribution in [2.75, 3.05) is 0 Å². The lowest BCUT2D eigenvalue weighted by Gasteiger charge is -2.42. The zero-order valence-electron chi connectivity index (χ0n) is 16.9. The van der Waals surface area contributed by atoms with Crippen LogP contribution in [0.3, 0.4) is 0 Å². The highest BCUT2D eigenvalue weighted by atomic mass is 19.1. The van der Waals surface area contributed by atoms with Crippen molar-refractivity contribution in [2.24, 2.45) is 17.8 Å². The zero-order valence-corrected chi connectivity index (χ0v) is 16.9. The Morgan fingerprint density at radius 1 is 0.815 bits per heavy atom. The molecule has 4 rings (SSSR count). The average molecular weight is 367 g/mol. The van der Waals surface area contributed by atoms with Gasteiger partial charge in [-0.25, -0.2) is 4.39 Å². The van der Waals surface area contributed by atoms with Crippen molar-refractivity contribution < 1.29 is 4.39 Å². The molecule has 0 heterocycles. The molecule has 4 unspecified atom stereocenters. The summed E-state index contributed by atoms with van der Waals surface area (Å²) < 4.78 is 13.4. The van der Waals surface area contributed by atoms with Gasteiger partial charge in [-0.05, 0) is 84.2 Å². The second kappa shape index (κ2) is 8.76. The first-order valence-corrected chi connectivity index (χ1v) is 11.4. The summed E-state index contributed by atoms with van der Waals surface area (Å²) in [7, 11) is 0. The van der Waals surface area contributed by atoms with Crippen LogP contribution in [-0.2, 0) is 0 Å². The number of halogens is 1. The number of benzene rings is 2. The van der Waals surface area contributed by atoms with Gasteiger partial charge >= 0.3 is 0 Å². The average Bonchev–Trinajstić information content (AvgIpc) is 2.70. The van der Waals surface area contributed by atoms with Crippen LogP contribution in [0.1, 0.15) is 89.0 Å². The zero-order chi connectivity index (χ0) is 18.6. The monoisotopic (exact) mass is 366 g/mol. The summed E-state index contributed by atoms with van der Waals surface area (Å²) in [5.41, 5.74) is 1.48. The van der Waals surface area contributed by atoms with Crippen LogP contribution in [0.5, 0.6) is 0 Å². The molecule has 2 aromatic rings. The number of hydrogen-bond donors (Lipinski definition) is 0. The highest BCUT2D eigenvalue weighted by Gasteiger charge is 2.35. The summed E-state index contributed by atoms with van der Waals surface area (Å²) >= 11 is 0. The molecule has 0 aliphatic heterocycles. The van der Waals surface area contributed by atoms with Gasteiger partial charge in [-0.3, -0.25) is 0 Å². The molecule has 2 aliphatic rings. The molecule has 2 aliphatic carbocycles. The number of hydrogen-bond acceptors (Lipinski definition) is 0. The second-order valence-electron chi connectivity index (χ2n) is 9.31. The number of rotatable bonds is 6. The Morgan fingerprint density at radius 2 is 1.59 bits per heavy atom. The third-order valence-electron chi connectivity index (χ3n) is 7.49. The van der Waals surface area contributed by atoms with Crippen molar-refractivity contribution in [1.29, 1.82) is 0 Å². The highest BCUT2D eigenvalue weighted by molar-refractivity contribution is 5.83. The molecule has 0 N–H and O–H groups in total. The van der Waals surface area contributed by atoms with E-state index in [2.05, 4.69) is 25.1 Å². The van der Waals surface area contributed by atoms with Crippen molar-refractivity contribution >= 4 is 10.8 Å². The molecule has 2 fully saturated rings. The lowest BCUT2D eigenvalue weighted by molar-refractivity contribution is 0.113. The Morgan fingerprint density at radius 3 is 2.48 bits per heavy atom. The van der Waals surface area contributed by atoms with E-state index in [1.807, 2.05) is 6.07 Å². The van der Waals surface area contributed by atoms with Gasteiger partial charge in [0.25, 0.3) is 0 Å². The first-order valence-electron chi connectivity index (χ1n) is 11.4. The number of fused-ring (bicyclic) bond motifs is 2. The molecule has 2 aromatic carbocycles. The van der Waals surface area contributed by atoms with Crippen molar-refractivity contribution in [3.05, 3.63) is 47.8 Å². The van der Waals surface area contributed by atoms with Gasteiger partial charge < -0.3 is 0 Å². The van der Waals surface area contributed by atoms with Crippen LogP contribution >= 0.6 is 0 Å². The van der Waals surface area contributed by atoms with E-state index >= 15 is 0 Å². The fourth-order valence-corrected chi connectivity index (χ4v) is 5.90. The van der Waals surface area contributed by atoms with E-state index < -0.39 is 0 Å². The van der Waals surface area contributed by atoms with E-state index in [-0.39, 0.29) is 5.82 Å². The molecule has 0 nitrogen and oxygen atoms in total. The van der Waals surface area contributed by atoms with Gasteiger partial charge in [-0.15, -0.1) is 0 Å². The van der Waals surface area contributed by atoms with Crippen LogP contribution in [-0.4, -0.2) is 0 Å². The summed E-state index contributed by atoms with van der Waals surface area (Å²) in [5.74, 6) is 3.51. The Hall–Kier alpha value is -1.37. The Labute approximate surface area is 164 Å². The van der Waals surface area contributed by atoms with E-state index in [1.54, 1.807) is 12.1 Å². The summed E-state index contributed by atoms with van der Waals surface area (Å²) in [6.45, 7) is 2.30. The maximum absolute atomic E-state index is 13.4. The molecular formula is C26H35F. The highest BCUT2D eigenvalue weighted by Crippen LogP contribution is 2.48. The van der Waals surface area contributed by atoms with E-state index in [4.69, 9.17) is 0 Å². The molecular weight excluding hydrogens is 331 g/mol. The predicted molar refractivity (Wildman–Crippen MR) is 114 cm³/mol. The predicted octanol–water partition coefficient (Wildman–Crippen LogP) is 8.25. The fraction of sp³-hybridized carbons (Fsp3) is 0.615. The molecule has 0 aromatic heterocycles. The van der Waals surface area contributed by atoms with E-state index in [0.29, 0.717) is 5.92 Å². The minimum atomic E-state index is -0.137. The third kappa shape index (κ3) is 4.55.